The Balaban J connectivity index is 1.52. The predicted molar refractivity (Wildman–Crippen MR) is 97.9 cm³/mol. The van der Waals surface area contributed by atoms with Gasteiger partial charge in [-0.3, -0.25) is 14.4 Å². The first-order chi connectivity index (χ1) is 12.9. The van der Waals surface area contributed by atoms with Gasteiger partial charge < -0.3 is 15.0 Å². The Morgan fingerprint density at radius 2 is 1.96 bits per heavy atom. The van der Waals surface area contributed by atoms with E-state index in [0.29, 0.717) is 16.4 Å². The highest BCUT2D eigenvalue weighted by molar-refractivity contribution is 6.30. The van der Waals surface area contributed by atoms with Gasteiger partial charge in [-0.25, -0.2) is 4.39 Å². The van der Waals surface area contributed by atoms with E-state index in [9.17, 15) is 18.8 Å². The van der Waals surface area contributed by atoms with Crippen LogP contribution in [-0.2, 0) is 19.1 Å². The minimum atomic E-state index is -0.679. The van der Waals surface area contributed by atoms with Crippen LogP contribution in [0.2, 0.25) is 5.02 Å². The lowest BCUT2D eigenvalue weighted by atomic mass is 10.1. The molecule has 1 aliphatic heterocycles. The lowest BCUT2D eigenvalue weighted by Crippen LogP contribution is -2.28. The summed E-state index contributed by atoms with van der Waals surface area (Å²) in [5, 5.41) is 3.03. The first kappa shape index (κ1) is 18.8. The first-order valence-electron chi connectivity index (χ1n) is 8.20. The molecule has 0 saturated carbocycles. The van der Waals surface area contributed by atoms with Crippen LogP contribution >= 0.6 is 11.6 Å². The lowest BCUT2D eigenvalue weighted by molar-refractivity contribution is -0.151. The molecule has 0 radical (unpaired) electrons. The molecule has 3 rings (SSSR count). The number of esters is 1. The first-order valence-corrected chi connectivity index (χ1v) is 8.58. The van der Waals surface area contributed by atoms with Crippen molar-refractivity contribution >= 4 is 40.8 Å². The number of ether oxygens (including phenoxy) is 1. The molecule has 8 heteroatoms. The van der Waals surface area contributed by atoms with E-state index in [1.165, 1.54) is 29.2 Å². The molecule has 1 saturated heterocycles. The second-order valence-corrected chi connectivity index (χ2v) is 6.48. The third-order valence-corrected chi connectivity index (χ3v) is 4.29. The summed E-state index contributed by atoms with van der Waals surface area (Å²) in [5.74, 6) is -2.49. The number of amides is 2. The summed E-state index contributed by atoms with van der Waals surface area (Å²) in [6.07, 6.45) is -0.0217. The quantitative estimate of drug-likeness (QED) is 0.796. The monoisotopic (exact) mass is 390 g/mol. The standard InChI is InChI=1S/C19H16ClFN2O4/c20-13-2-1-3-15(9-13)22-17(24)11-27-19(26)12-8-18(25)23(10-12)16-6-4-14(21)5-7-16/h1-7,9,12H,8,10-11H2,(H,22,24)/t12-/m0/s1. The lowest BCUT2D eigenvalue weighted by Gasteiger charge is -2.16. The van der Waals surface area contributed by atoms with Gasteiger partial charge in [0.15, 0.2) is 6.61 Å². The maximum absolute atomic E-state index is 13.0. The minimum absolute atomic E-state index is 0.0217. The van der Waals surface area contributed by atoms with Crippen LogP contribution in [0.15, 0.2) is 48.5 Å². The number of benzene rings is 2. The van der Waals surface area contributed by atoms with Crippen LogP contribution in [0.4, 0.5) is 15.8 Å². The molecule has 2 aromatic carbocycles. The highest BCUT2D eigenvalue weighted by atomic mass is 35.5. The van der Waals surface area contributed by atoms with Crippen LogP contribution in [-0.4, -0.2) is 30.9 Å². The summed E-state index contributed by atoms with van der Waals surface area (Å²) in [6, 6.07) is 12.0. The molecule has 1 heterocycles. The second-order valence-electron chi connectivity index (χ2n) is 6.05. The molecule has 6 nitrogen and oxygen atoms in total. The number of halogens is 2. The zero-order chi connectivity index (χ0) is 19.4. The Labute approximate surface area is 159 Å². The van der Waals surface area contributed by atoms with Crippen molar-refractivity contribution in [2.45, 2.75) is 6.42 Å². The van der Waals surface area contributed by atoms with Crippen LogP contribution in [0.5, 0.6) is 0 Å². The average Bonchev–Trinajstić information content (AvgIpc) is 3.02. The van der Waals surface area contributed by atoms with Gasteiger partial charge in [0.1, 0.15) is 5.82 Å². The van der Waals surface area contributed by atoms with Gasteiger partial charge in [-0.2, -0.15) is 0 Å². The molecule has 0 aliphatic carbocycles. The molecule has 1 aliphatic rings. The van der Waals surface area contributed by atoms with E-state index in [1.54, 1.807) is 24.3 Å². The van der Waals surface area contributed by atoms with Crippen molar-refractivity contribution in [3.63, 3.8) is 0 Å². The Morgan fingerprint density at radius 3 is 2.67 bits per heavy atom. The van der Waals surface area contributed by atoms with Crippen LogP contribution in [0.1, 0.15) is 6.42 Å². The minimum Gasteiger partial charge on any atom is -0.455 e. The molecule has 140 valence electrons. The van der Waals surface area contributed by atoms with E-state index in [2.05, 4.69) is 5.32 Å². The number of anilines is 2. The van der Waals surface area contributed by atoms with Gasteiger partial charge in [-0.15, -0.1) is 0 Å². The van der Waals surface area contributed by atoms with E-state index in [1.807, 2.05) is 0 Å². The van der Waals surface area contributed by atoms with Crippen molar-refractivity contribution < 1.29 is 23.5 Å². The fourth-order valence-electron chi connectivity index (χ4n) is 2.75. The van der Waals surface area contributed by atoms with E-state index in [-0.39, 0.29) is 18.9 Å². The smallest absolute Gasteiger partial charge is 0.311 e. The maximum Gasteiger partial charge on any atom is 0.311 e. The van der Waals surface area contributed by atoms with Gasteiger partial charge in [-0.05, 0) is 42.5 Å². The van der Waals surface area contributed by atoms with Crippen molar-refractivity contribution in [3.05, 3.63) is 59.4 Å². The van der Waals surface area contributed by atoms with E-state index in [0.717, 1.165) is 0 Å². The van der Waals surface area contributed by atoms with Gasteiger partial charge in [0.05, 0.1) is 5.92 Å². The third-order valence-electron chi connectivity index (χ3n) is 4.05. The average molecular weight is 391 g/mol. The molecule has 1 fully saturated rings. The summed E-state index contributed by atoms with van der Waals surface area (Å²) < 4.78 is 18.0. The fraction of sp³-hybridized carbons (Fsp3) is 0.211. The van der Waals surface area contributed by atoms with Gasteiger partial charge in [0.25, 0.3) is 5.91 Å². The Kier molecular flexibility index (Phi) is 5.71. The van der Waals surface area contributed by atoms with E-state index in [4.69, 9.17) is 16.3 Å². The molecule has 2 aromatic rings. The molecule has 0 spiro atoms. The van der Waals surface area contributed by atoms with E-state index < -0.39 is 30.2 Å². The van der Waals surface area contributed by atoms with Crippen molar-refractivity contribution in [1.82, 2.24) is 0 Å². The second kappa shape index (κ2) is 8.18. The topological polar surface area (TPSA) is 75.7 Å². The number of carbonyl (C=O) groups excluding carboxylic acids is 3. The van der Waals surface area contributed by atoms with Crippen LogP contribution in [0.3, 0.4) is 0 Å². The summed E-state index contributed by atoms with van der Waals surface area (Å²) in [5.41, 5.74) is 0.998. The van der Waals surface area contributed by atoms with Crippen LogP contribution < -0.4 is 10.2 Å². The summed E-state index contributed by atoms with van der Waals surface area (Å²) in [7, 11) is 0. The molecular formula is C19H16ClFN2O4. The highest BCUT2D eigenvalue weighted by Gasteiger charge is 2.36. The van der Waals surface area contributed by atoms with E-state index >= 15 is 0 Å². The third kappa shape index (κ3) is 4.83. The number of nitrogens with zero attached hydrogens (tertiary/aromatic N) is 1. The van der Waals surface area contributed by atoms with Crippen molar-refractivity contribution in [3.8, 4) is 0 Å². The fourth-order valence-corrected chi connectivity index (χ4v) is 2.94. The van der Waals surface area contributed by atoms with Crippen molar-refractivity contribution in [1.29, 1.82) is 0 Å². The van der Waals surface area contributed by atoms with Crippen molar-refractivity contribution in [2.24, 2.45) is 5.92 Å². The predicted octanol–water partition coefficient (Wildman–Crippen LogP) is 3.01. The van der Waals surface area contributed by atoms with Crippen molar-refractivity contribution in [2.75, 3.05) is 23.4 Å². The highest BCUT2D eigenvalue weighted by Crippen LogP contribution is 2.26. The molecule has 1 atom stereocenters. The van der Waals surface area contributed by atoms with Gasteiger partial charge >= 0.3 is 5.97 Å². The molecular weight excluding hydrogens is 375 g/mol. The molecule has 2 amide bonds. The Morgan fingerprint density at radius 1 is 1.22 bits per heavy atom. The van der Waals surface area contributed by atoms with Gasteiger partial charge in [0, 0.05) is 29.4 Å². The Bertz CT molecular complexity index is 872. The summed E-state index contributed by atoms with van der Waals surface area (Å²) in [6.45, 7) is -0.341. The number of carbonyl (C=O) groups is 3. The largest absolute Gasteiger partial charge is 0.455 e. The number of hydrogen-bond acceptors (Lipinski definition) is 4. The van der Waals surface area contributed by atoms with Crippen LogP contribution in [0, 0.1) is 11.7 Å². The molecule has 0 bridgehead atoms. The molecule has 0 aromatic heterocycles. The SMILES string of the molecule is O=C(COC(=O)[C@H]1CC(=O)N(c2ccc(F)cc2)C1)Nc1cccc(Cl)c1. The summed E-state index contributed by atoms with van der Waals surface area (Å²) in [4.78, 5) is 37.6. The van der Waals surface area contributed by atoms with Gasteiger partial charge in [-0.1, -0.05) is 17.7 Å². The number of rotatable bonds is 5. The molecule has 0 unspecified atom stereocenters. The number of hydrogen-bond donors (Lipinski definition) is 1. The number of nitrogens with one attached hydrogen (secondary N) is 1. The normalized spacial score (nSPS) is 16.3. The summed E-state index contributed by atoms with van der Waals surface area (Å²) >= 11 is 5.83. The molecule has 27 heavy (non-hydrogen) atoms. The zero-order valence-corrected chi connectivity index (χ0v) is 14.9. The molecule has 1 N–H and O–H groups in total. The van der Waals surface area contributed by atoms with Gasteiger partial charge in [0.2, 0.25) is 5.91 Å². The zero-order valence-electron chi connectivity index (χ0n) is 14.2. The van der Waals surface area contributed by atoms with Crippen LogP contribution in [0.25, 0.3) is 0 Å². The maximum atomic E-state index is 13.0. The Hall–Kier alpha value is -2.93.